The fourth-order valence-corrected chi connectivity index (χ4v) is 7.44. The monoisotopic (exact) mass is 538 g/mol. The van der Waals surface area contributed by atoms with E-state index in [1.165, 1.54) is 0 Å². The van der Waals surface area contributed by atoms with Crippen LogP contribution in [0.1, 0.15) is 64.8 Å². The van der Waals surface area contributed by atoms with Crippen molar-refractivity contribution in [3.8, 4) is 6.07 Å². The third-order valence-corrected chi connectivity index (χ3v) is 10.9. The summed E-state index contributed by atoms with van der Waals surface area (Å²) in [4.78, 5) is 28.8. The Labute approximate surface area is 223 Å². The van der Waals surface area contributed by atoms with Gasteiger partial charge in [-0.25, -0.2) is 18.4 Å². The quantitative estimate of drug-likeness (QED) is 0.569. The summed E-state index contributed by atoms with van der Waals surface area (Å²) in [6, 6.07) is 3.57. The highest BCUT2D eigenvalue weighted by molar-refractivity contribution is 7.95. The van der Waals surface area contributed by atoms with Gasteiger partial charge in [-0.05, 0) is 45.2 Å². The Morgan fingerprint density at radius 2 is 1.82 bits per heavy atom. The standard InChI is InChI=1S/C26H34N8O3S/c1-7-18-10-19(11-27)30-31-21(18)34-14-25(4,5)20-22(28-15-29-23(20)34)32-12-17(3)33(13-16(32)2)24(35)26(6)8-9-38(26,36)37/h10,15-17H,7-9,12-14H2,1-6H3/t16-,17+,26?/m0/s1. The van der Waals surface area contributed by atoms with E-state index < -0.39 is 14.6 Å². The summed E-state index contributed by atoms with van der Waals surface area (Å²) in [5.74, 6) is 2.04. The maximum absolute atomic E-state index is 13.4. The Balaban J connectivity index is 1.49. The molecule has 0 bridgehead atoms. The summed E-state index contributed by atoms with van der Waals surface area (Å²) in [7, 11) is -3.40. The molecule has 0 aliphatic carbocycles. The molecule has 0 radical (unpaired) electrons. The van der Waals surface area contributed by atoms with E-state index in [-0.39, 0.29) is 34.9 Å². The lowest BCUT2D eigenvalue weighted by Crippen LogP contribution is -2.66. The van der Waals surface area contributed by atoms with E-state index in [0.717, 1.165) is 22.8 Å². The predicted molar refractivity (Wildman–Crippen MR) is 143 cm³/mol. The number of hydrogen-bond acceptors (Lipinski definition) is 10. The Morgan fingerprint density at radius 3 is 2.42 bits per heavy atom. The lowest BCUT2D eigenvalue weighted by atomic mass is 9.87. The molecule has 0 aromatic carbocycles. The lowest BCUT2D eigenvalue weighted by molar-refractivity contribution is -0.137. The fourth-order valence-electron chi connectivity index (χ4n) is 5.91. The van der Waals surface area contributed by atoms with Crippen LogP contribution in [0, 0.1) is 11.3 Å². The van der Waals surface area contributed by atoms with Crippen molar-refractivity contribution in [3.05, 3.63) is 29.2 Å². The van der Waals surface area contributed by atoms with Gasteiger partial charge in [0.25, 0.3) is 0 Å². The van der Waals surface area contributed by atoms with Gasteiger partial charge < -0.3 is 14.7 Å². The Hall–Kier alpha value is -3.33. The second-order valence-electron chi connectivity index (χ2n) is 11.5. The zero-order valence-corrected chi connectivity index (χ0v) is 23.6. The molecule has 1 amide bonds. The molecule has 2 aromatic heterocycles. The number of aryl methyl sites for hydroxylation is 1. The molecule has 2 saturated heterocycles. The summed E-state index contributed by atoms with van der Waals surface area (Å²) in [6.45, 7) is 13.4. The average Bonchev–Trinajstić information content (AvgIpc) is 3.18. The molecule has 12 heteroatoms. The first-order valence-corrected chi connectivity index (χ1v) is 14.7. The highest BCUT2D eigenvalue weighted by Gasteiger charge is 2.57. The number of rotatable bonds is 4. The number of anilines is 3. The van der Waals surface area contributed by atoms with E-state index in [4.69, 9.17) is 4.98 Å². The number of nitriles is 1. The predicted octanol–water partition coefficient (Wildman–Crippen LogP) is 2.13. The van der Waals surface area contributed by atoms with Crippen molar-refractivity contribution < 1.29 is 13.2 Å². The number of carbonyl (C=O) groups is 1. The number of fused-ring (bicyclic) bond motifs is 1. The molecular weight excluding hydrogens is 504 g/mol. The van der Waals surface area contributed by atoms with Crippen molar-refractivity contribution in [1.82, 2.24) is 25.1 Å². The second kappa shape index (κ2) is 8.86. The van der Waals surface area contributed by atoms with Crippen molar-refractivity contribution in [3.63, 3.8) is 0 Å². The van der Waals surface area contributed by atoms with E-state index in [9.17, 15) is 18.5 Å². The van der Waals surface area contributed by atoms with Gasteiger partial charge >= 0.3 is 0 Å². The average molecular weight is 539 g/mol. The van der Waals surface area contributed by atoms with Crippen molar-refractivity contribution in [1.29, 1.82) is 5.26 Å². The minimum Gasteiger partial charge on any atom is -0.350 e. The first-order chi connectivity index (χ1) is 17.8. The van der Waals surface area contributed by atoms with Crippen LogP contribution in [-0.2, 0) is 26.5 Å². The largest absolute Gasteiger partial charge is 0.350 e. The molecule has 0 spiro atoms. The summed E-state index contributed by atoms with van der Waals surface area (Å²) in [5, 5.41) is 17.8. The third-order valence-electron chi connectivity index (χ3n) is 8.40. The van der Waals surface area contributed by atoms with Crippen LogP contribution >= 0.6 is 0 Å². The summed E-state index contributed by atoms with van der Waals surface area (Å²) < 4.78 is 23.5. The Kier molecular flexibility index (Phi) is 6.13. The molecule has 1 unspecified atom stereocenters. The first kappa shape index (κ1) is 26.3. The van der Waals surface area contributed by atoms with Gasteiger partial charge in [-0.1, -0.05) is 20.8 Å². The molecule has 5 heterocycles. The second-order valence-corrected chi connectivity index (χ2v) is 14.1. The molecule has 2 fully saturated rings. The molecule has 3 atom stereocenters. The van der Waals surface area contributed by atoms with E-state index in [2.05, 4.69) is 44.9 Å². The summed E-state index contributed by atoms with van der Waals surface area (Å²) >= 11 is 0. The Bertz CT molecular complexity index is 1450. The summed E-state index contributed by atoms with van der Waals surface area (Å²) in [5.41, 5.74) is 1.90. The van der Waals surface area contributed by atoms with Crippen LogP contribution < -0.4 is 9.80 Å². The van der Waals surface area contributed by atoms with Gasteiger partial charge in [0.1, 0.15) is 28.8 Å². The molecule has 3 aliphatic rings. The van der Waals surface area contributed by atoms with Crippen molar-refractivity contribution in [2.45, 2.75) is 76.6 Å². The number of nitrogens with zero attached hydrogens (tertiary/aromatic N) is 8. The molecular formula is C26H34N8O3S. The minimum atomic E-state index is -3.40. The van der Waals surface area contributed by atoms with E-state index >= 15 is 0 Å². The maximum Gasteiger partial charge on any atom is 0.244 e. The molecule has 38 heavy (non-hydrogen) atoms. The number of amides is 1. The smallest absolute Gasteiger partial charge is 0.244 e. The van der Waals surface area contributed by atoms with Crippen LogP contribution in [0.2, 0.25) is 0 Å². The molecule has 202 valence electrons. The van der Waals surface area contributed by atoms with E-state index in [1.54, 1.807) is 24.2 Å². The molecule has 2 aromatic rings. The summed E-state index contributed by atoms with van der Waals surface area (Å²) in [6.07, 6.45) is 2.63. The van der Waals surface area contributed by atoms with Crippen molar-refractivity contribution in [2.24, 2.45) is 0 Å². The van der Waals surface area contributed by atoms with Crippen LogP contribution in [0.3, 0.4) is 0 Å². The van der Waals surface area contributed by atoms with Gasteiger partial charge in [-0.15, -0.1) is 10.2 Å². The zero-order valence-electron chi connectivity index (χ0n) is 22.8. The third kappa shape index (κ3) is 3.82. The number of hydrogen-bond donors (Lipinski definition) is 0. The van der Waals surface area contributed by atoms with E-state index in [0.29, 0.717) is 38.3 Å². The highest BCUT2D eigenvalue weighted by atomic mass is 32.2. The van der Waals surface area contributed by atoms with Crippen LogP contribution in [0.5, 0.6) is 0 Å². The van der Waals surface area contributed by atoms with Crippen LogP contribution in [0.15, 0.2) is 12.4 Å². The van der Waals surface area contributed by atoms with Crippen LogP contribution in [0.25, 0.3) is 0 Å². The molecule has 0 N–H and O–H groups in total. The van der Waals surface area contributed by atoms with Gasteiger partial charge in [-0.2, -0.15) is 5.26 Å². The number of aromatic nitrogens is 4. The topological polar surface area (TPSA) is 136 Å². The number of sulfone groups is 1. The number of piperazine rings is 1. The van der Waals surface area contributed by atoms with Gasteiger partial charge in [0.15, 0.2) is 21.3 Å². The molecule has 0 saturated carbocycles. The first-order valence-electron chi connectivity index (χ1n) is 13.0. The van der Waals surface area contributed by atoms with Crippen LogP contribution in [-0.4, -0.2) is 81.6 Å². The van der Waals surface area contributed by atoms with Gasteiger partial charge in [0.05, 0.1) is 5.75 Å². The molecule has 11 nitrogen and oxygen atoms in total. The molecule has 3 aliphatic heterocycles. The van der Waals surface area contributed by atoms with Gasteiger partial charge in [0.2, 0.25) is 5.91 Å². The maximum atomic E-state index is 13.4. The van der Waals surface area contributed by atoms with Crippen LogP contribution in [0.4, 0.5) is 17.5 Å². The number of carbonyl (C=O) groups excluding carboxylic acids is 1. The molecule has 5 rings (SSSR count). The van der Waals surface area contributed by atoms with Gasteiger partial charge in [-0.3, -0.25) is 4.79 Å². The zero-order chi connectivity index (χ0) is 27.6. The lowest BCUT2D eigenvalue weighted by Gasteiger charge is -2.49. The van der Waals surface area contributed by atoms with Gasteiger partial charge in [0, 0.05) is 42.7 Å². The highest BCUT2D eigenvalue weighted by Crippen LogP contribution is 2.47. The fraction of sp³-hybridized carbons (Fsp3) is 0.615. The minimum absolute atomic E-state index is 0.0706. The Morgan fingerprint density at radius 1 is 1.11 bits per heavy atom. The van der Waals surface area contributed by atoms with Crippen molar-refractivity contribution in [2.75, 3.05) is 35.2 Å². The van der Waals surface area contributed by atoms with E-state index in [1.807, 2.05) is 20.8 Å². The normalized spacial score (nSPS) is 27.4. The SMILES string of the molecule is CCc1cc(C#N)nnc1N1CC(C)(C)c2c1ncnc2N1C[C@@H](C)N(C(=O)C2(C)CCS2(=O)=O)C[C@@H]1C. The van der Waals surface area contributed by atoms with Crippen molar-refractivity contribution >= 4 is 33.2 Å².